The van der Waals surface area contributed by atoms with E-state index in [1.165, 1.54) is 0 Å². The van der Waals surface area contributed by atoms with Crippen LogP contribution in [0.4, 0.5) is 0 Å². The van der Waals surface area contributed by atoms with E-state index in [0.29, 0.717) is 6.04 Å². The van der Waals surface area contributed by atoms with Gasteiger partial charge in [0, 0.05) is 6.04 Å². The number of aliphatic hydroxyl groups excluding tert-OH is 1. The third kappa shape index (κ3) is 1.76. The summed E-state index contributed by atoms with van der Waals surface area (Å²) >= 11 is 0. The van der Waals surface area contributed by atoms with Gasteiger partial charge in [-0.15, -0.1) is 0 Å². The highest BCUT2D eigenvalue weighted by Crippen LogP contribution is 2.19. The molecule has 0 aromatic rings. The van der Waals surface area contributed by atoms with Gasteiger partial charge in [0.25, 0.3) is 0 Å². The summed E-state index contributed by atoms with van der Waals surface area (Å²) in [5, 5.41) is 17.6. The highest BCUT2D eigenvalue weighted by molar-refractivity contribution is 5.73. The SMILES string of the molecule is CC1CCCN1C(CO)C(=O)O. The summed E-state index contributed by atoms with van der Waals surface area (Å²) in [5.74, 6) is -0.925. The third-order valence-corrected chi connectivity index (χ3v) is 2.46. The molecule has 0 radical (unpaired) electrons. The van der Waals surface area contributed by atoms with E-state index in [4.69, 9.17) is 10.2 Å². The van der Waals surface area contributed by atoms with Crippen LogP contribution in [0.3, 0.4) is 0 Å². The summed E-state index contributed by atoms with van der Waals surface area (Å²) in [6.07, 6.45) is 2.06. The van der Waals surface area contributed by atoms with Gasteiger partial charge in [0.05, 0.1) is 6.61 Å². The van der Waals surface area contributed by atoms with Gasteiger partial charge in [-0.25, -0.2) is 0 Å². The van der Waals surface area contributed by atoms with Crippen molar-refractivity contribution >= 4 is 5.97 Å². The van der Waals surface area contributed by atoms with Crippen LogP contribution in [0, 0.1) is 0 Å². The molecular weight excluding hydrogens is 158 g/mol. The zero-order chi connectivity index (χ0) is 9.14. The molecule has 1 saturated heterocycles. The third-order valence-electron chi connectivity index (χ3n) is 2.46. The van der Waals surface area contributed by atoms with Gasteiger partial charge >= 0.3 is 5.97 Å². The van der Waals surface area contributed by atoms with Crippen LogP contribution in [0.25, 0.3) is 0 Å². The lowest BCUT2D eigenvalue weighted by molar-refractivity contribution is -0.145. The van der Waals surface area contributed by atoms with E-state index < -0.39 is 12.0 Å². The molecular formula is C8H15NO3. The van der Waals surface area contributed by atoms with Crippen LogP contribution in [-0.4, -0.2) is 46.3 Å². The first kappa shape index (κ1) is 9.48. The largest absolute Gasteiger partial charge is 0.480 e. The zero-order valence-corrected chi connectivity index (χ0v) is 7.23. The van der Waals surface area contributed by atoms with E-state index in [-0.39, 0.29) is 6.61 Å². The van der Waals surface area contributed by atoms with Crippen molar-refractivity contribution in [3.05, 3.63) is 0 Å². The van der Waals surface area contributed by atoms with E-state index in [0.717, 1.165) is 19.4 Å². The van der Waals surface area contributed by atoms with Crippen LogP contribution in [0.1, 0.15) is 19.8 Å². The number of aliphatic hydroxyl groups is 1. The minimum atomic E-state index is -0.925. The van der Waals surface area contributed by atoms with E-state index in [1.807, 2.05) is 11.8 Å². The van der Waals surface area contributed by atoms with Crippen LogP contribution in [0.15, 0.2) is 0 Å². The van der Waals surface area contributed by atoms with Gasteiger partial charge in [0.15, 0.2) is 0 Å². The van der Waals surface area contributed by atoms with Gasteiger partial charge in [-0.05, 0) is 26.3 Å². The molecule has 12 heavy (non-hydrogen) atoms. The summed E-state index contributed by atoms with van der Waals surface area (Å²) in [5.41, 5.74) is 0. The van der Waals surface area contributed by atoms with Gasteiger partial charge in [0.1, 0.15) is 6.04 Å². The van der Waals surface area contributed by atoms with Crippen molar-refractivity contribution in [3.63, 3.8) is 0 Å². The van der Waals surface area contributed by atoms with Crippen molar-refractivity contribution in [1.29, 1.82) is 0 Å². The molecule has 0 bridgehead atoms. The molecule has 2 unspecified atom stereocenters. The number of hydrogen-bond donors (Lipinski definition) is 2. The quantitative estimate of drug-likeness (QED) is 0.626. The summed E-state index contributed by atoms with van der Waals surface area (Å²) in [4.78, 5) is 12.5. The van der Waals surface area contributed by atoms with E-state index >= 15 is 0 Å². The molecule has 0 aliphatic carbocycles. The minimum absolute atomic E-state index is 0.290. The molecule has 0 amide bonds. The van der Waals surface area contributed by atoms with E-state index in [1.54, 1.807) is 0 Å². The van der Waals surface area contributed by atoms with Gasteiger partial charge in [-0.2, -0.15) is 0 Å². The smallest absolute Gasteiger partial charge is 0.323 e. The molecule has 0 aromatic heterocycles. The fourth-order valence-electron chi connectivity index (χ4n) is 1.74. The Bertz CT molecular complexity index is 172. The molecule has 1 aliphatic heterocycles. The average molecular weight is 173 g/mol. The Balaban J connectivity index is 2.58. The first-order valence-electron chi connectivity index (χ1n) is 4.26. The highest BCUT2D eigenvalue weighted by Gasteiger charge is 2.31. The number of hydrogen-bond acceptors (Lipinski definition) is 3. The summed E-state index contributed by atoms with van der Waals surface area (Å²) in [7, 11) is 0. The Labute approximate surface area is 71.8 Å². The second kappa shape index (κ2) is 3.87. The number of nitrogens with zero attached hydrogens (tertiary/aromatic N) is 1. The topological polar surface area (TPSA) is 60.8 Å². The maximum absolute atomic E-state index is 10.7. The van der Waals surface area contributed by atoms with Crippen LogP contribution < -0.4 is 0 Å². The number of carboxylic acids is 1. The van der Waals surface area contributed by atoms with Crippen molar-refractivity contribution in [2.24, 2.45) is 0 Å². The van der Waals surface area contributed by atoms with Gasteiger partial charge in [-0.1, -0.05) is 0 Å². The summed E-state index contributed by atoms with van der Waals surface area (Å²) in [6.45, 7) is 2.50. The molecule has 1 rings (SSSR count). The lowest BCUT2D eigenvalue weighted by atomic mass is 10.2. The molecule has 70 valence electrons. The Morgan fingerprint density at radius 2 is 2.42 bits per heavy atom. The first-order valence-corrected chi connectivity index (χ1v) is 4.26. The average Bonchev–Trinajstić information content (AvgIpc) is 2.38. The fraction of sp³-hybridized carbons (Fsp3) is 0.875. The number of likely N-dealkylation sites (tertiary alicyclic amines) is 1. The highest BCUT2D eigenvalue weighted by atomic mass is 16.4. The van der Waals surface area contributed by atoms with Crippen LogP contribution in [0.2, 0.25) is 0 Å². The molecule has 0 aromatic carbocycles. The van der Waals surface area contributed by atoms with Gasteiger partial charge in [-0.3, -0.25) is 9.69 Å². The predicted molar refractivity (Wildman–Crippen MR) is 43.9 cm³/mol. The van der Waals surface area contributed by atoms with Crippen molar-refractivity contribution in [2.45, 2.75) is 31.8 Å². The van der Waals surface area contributed by atoms with Crippen molar-refractivity contribution in [2.75, 3.05) is 13.2 Å². The Morgan fingerprint density at radius 3 is 2.75 bits per heavy atom. The molecule has 1 aliphatic rings. The van der Waals surface area contributed by atoms with Crippen LogP contribution in [-0.2, 0) is 4.79 Å². The fourth-order valence-corrected chi connectivity index (χ4v) is 1.74. The number of aliphatic carboxylic acids is 1. The summed E-state index contributed by atoms with van der Waals surface area (Å²) < 4.78 is 0. The molecule has 2 N–H and O–H groups in total. The van der Waals surface area contributed by atoms with Crippen molar-refractivity contribution < 1.29 is 15.0 Å². The first-order chi connectivity index (χ1) is 5.66. The molecule has 4 heteroatoms. The monoisotopic (exact) mass is 173 g/mol. The molecule has 0 saturated carbocycles. The Hall–Kier alpha value is -0.610. The second-order valence-electron chi connectivity index (χ2n) is 3.27. The van der Waals surface area contributed by atoms with Crippen molar-refractivity contribution in [3.8, 4) is 0 Å². The van der Waals surface area contributed by atoms with Crippen LogP contribution in [0.5, 0.6) is 0 Å². The lowest BCUT2D eigenvalue weighted by Gasteiger charge is -2.26. The Morgan fingerprint density at radius 1 is 1.75 bits per heavy atom. The number of carboxylic acid groups (broad SMARTS) is 1. The minimum Gasteiger partial charge on any atom is -0.480 e. The normalized spacial score (nSPS) is 27.3. The van der Waals surface area contributed by atoms with E-state index in [2.05, 4.69) is 0 Å². The maximum Gasteiger partial charge on any atom is 0.323 e. The van der Waals surface area contributed by atoms with E-state index in [9.17, 15) is 4.79 Å². The number of rotatable bonds is 3. The standard InChI is InChI=1S/C8H15NO3/c1-6-3-2-4-9(6)7(5-10)8(11)12/h6-7,10H,2-5H2,1H3,(H,11,12). The van der Waals surface area contributed by atoms with Gasteiger partial charge < -0.3 is 10.2 Å². The molecule has 2 atom stereocenters. The second-order valence-corrected chi connectivity index (χ2v) is 3.27. The lowest BCUT2D eigenvalue weighted by Crippen LogP contribution is -2.45. The van der Waals surface area contributed by atoms with Gasteiger partial charge in [0.2, 0.25) is 0 Å². The maximum atomic E-state index is 10.7. The molecule has 1 fully saturated rings. The number of carbonyl (C=O) groups is 1. The molecule has 1 heterocycles. The molecule has 4 nitrogen and oxygen atoms in total. The van der Waals surface area contributed by atoms with Crippen molar-refractivity contribution in [1.82, 2.24) is 4.90 Å². The predicted octanol–water partition coefficient (Wildman–Crippen LogP) is -0.0838. The zero-order valence-electron chi connectivity index (χ0n) is 7.23. The molecule has 0 spiro atoms. The summed E-state index contributed by atoms with van der Waals surface area (Å²) in [6, 6.07) is -0.416. The van der Waals surface area contributed by atoms with Crippen LogP contribution >= 0.6 is 0 Å². The Kier molecular flexibility index (Phi) is 3.05.